The summed E-state index contributed by atoms with van der Waals surface area (Å²) < 4.78 is 15.9. The predicted molar refractivity (Wildman–Crippen MR) is 80.3 cm³/mol. The summed E-state index contributed by atoms with van der Waals surface area (Å²) in [6, 6.07) is 5.57. The smallest absolute Gasteiger partial charge is 0.231 e. The SMILES string of the molecule is COc1ccc(-c2noc([C@@H]3CCNC3)n2)cc1OC.Cl. The summed E-state index contributed by atoms with van der Waals surface area (Å²) in [6.45, 7) is 1.90. The van der Waals surface area contributed by atoms with Gasteiger partial charge in [0.05, 0.1) is 20.1 Å². The van der Waals surface area contributed by atoms with Gasteiger partial charge in [-0.05, 0) is 31.2 Å². The van der Waals surface area contributed by atoms with Gasteiger partial charge in [0.25, 0.3) is 0 Å². The predicted octanol–water partition coefficient (Wildman–Crippen LogP) is 2.25. The number of nitrogens with zero attached hydrogens (tertiary/aromatic N) is 2. The number of hydrogen-bond acceptors (Lipinski definition) is 6. The molecule has 7 heteroatoms. The zero-order valence-corrected chi connectivity index (χ0v) is 12.8. The third-order valence-electron chi connectivity index (χ3n) is 3.49. The number of hydrogen-bond donors (Lipinski definition) is 1. The third kappa shape index (κ3) is 3.11. The minimum atomic E-state index is 0. The quantitative estimate of drug-likeness (QED) is 0.934. The molecule has 21 heavy (non-hydrogen) atoms. The van der Waals surface area contributed by atoms with Crippen LogP contribution in [0.3, 0.4) is 0 Å². The summed E-state index contributed by atoms with van der Waals surface area (Å²) in [4.78, 5) is 4.48. The molecular formula is C14H18ClN3O3. The van der Waals surface area contributed by atoms with Gasteiger partial charge in [0.1, 0.15) is 0 Å². The number of aromatic nitrogens is 2. The lowest BCUT2D eigenvalue weighted by Gasteiger charge is -2.07. The van der Waals surface area contributed by atoms with Crippen LogP contribution in [0.5, 0.6) is 11.5 Å². The van der Waals surface area contributed by atoms with Crippen LogP contribution < -0.4 is 14.8 Å². The zero-order valence-electron chi connectivity index (χ0n) is 12.0. The molecule has 3 rings (SSSR count). The molecule has 0 radical (unpaired) electrons. The Morgan fingerprint density at radius 2 is 2.05 bits per heavy atom. The van der Waals surface area contributed by atoms with Crippen molar-refractivity contribution >= 4 is 12.4 Å². The monoisotopic (exact) mass is 311 g/mol. The molecule has 0 spiro atoms. The second-order valence-electron chi connectivity index (χ2n) is 4.72. The van der Waals surface area contributed by atoms with E-state index in [1.807, 2.05) is 18.2 Å². The van der Waals surface area contributed by atoms with E-state index in [1.54, 1.807) is 14.2 Å². The molecule has 0 amide bonds. The van der Waals surface area contributed by atoms with Gasteiger partial charge in [-0.15, -0.1) is 12.4 Å². The van der Waals surface area contributed by atoms with Gasteiger partial charge in [-0.25, -0.2) is 0 Å². The maximum Gasteiger partial charge on any atom is 0.231 e. The minimum absolute atomic E-state index is 0. The van der Waals surface area contributed by atoms with E-state index >= 15 is 0 Å². The first-order chi connectivity index (χ1) is 9.81. The largest absolute Gasteiger partial charge is 0.493 e. The van der Waals surface area contributed by atoms with E-state index in [9.17, 15) is 0 Å². The van der Waals surface area contributed by atoms with Crippen molar-refractivity contribution in [3.8, 4) is 22.9 Å². The molecule has 2 heterocycles. The highest BCUT2D eigenvalue weighted by atomic mass is 35.5. The van der Waals surface area contributed by atoms with E-state index in [1.165, 1.54) is 0 Å². The lowest BCUT2D eigenvalue weighted by molar-refractivity contribution is 0.354. The molecule has 1 aromatic carbocycles. The number of methoxy groups -OCH3 is 2. The van der Waals surface area contributed by atoms with Crippen LogP contribution in [-0.4, -0.2) is 37.4 Å². The Morgan fingerprint density at radius 1 is 1.24 bits per heavy atom. The van der Waals surface area contributed by atoms with Gasteiger partial charge in [-0.2, -0.15) is 4.98 Å². The molecular weight excluding hydrogens is 294 g/mol. The van der Waals surface area contributed by atoms with Crippen molar-refractivity contribution in [1.82, 2.24) is 15.5 Å². The van der Waals surface area contributed by atoms with Crippen LogP contribution in [0, 0.1) is 0 Å². The maximum atomic E-state index is 5.36. The standard InChI is InChI=1S/C14H17N3O3.ClH/c1-18-11-4-3-9(7-12(11)19-2)13-16-14(20-17-13)10-5-6-15-8-10;/h3-4,7,10,15H,5-6,8H2,1-2H3;1H/t10-;/m1./s1. The van der Waals surface area contributed by atoms with Gasteiger partial charge >= 0.3 is 0 Å². The molecule has 1 saturated heterocycles. The van der Waals surface area contributed by atoms with Crippen molar-refractivity contribution in [3.63, 3.8) is 0 Å². The molecule has 114 valence electrons. The Hall–Kier alpha value is -1.79. The van der Waals surface area contributed by atoms with Crippen LogP contribution in [0.1, 0.15) is 18.2 Å². The number of nitrogens with one attached hydrogen (secondary N) is 1. The molecule has 1 atom stereocenters. The van der Waals surface area contributed by atoms with E-state index in [4.69, 9.17) is 14.0 Å². The van der Waals surface area contributed by atoms with Crippen LogP contribution in [0.4, 0.5) is 0 Å². The molecule has 1 aliphatic heterocycles. The molecule has 2 aromatic rings. The molecule has 1 N–H and O–H groups in total. The molecule has 0 aliphatic carbocycles. The van der Waals surface area contributed by atoms with Gasteiger partial charge in [0, 0.05) is 12.1 Å². The molecule has 1 fully saturated rings. The van der Waals surface area contributed by atoms with E-state index in [0.29, 0.717) is 29.1 Å². The van der Waals surface area contributed by atoms with Gasteiger partial charge in [-0.1, -0.05) is 5.16 Å². The Labute approximate surface area is 129 Å². The fraction of sp³-hybridized carbons (Fsp3) is 0.429. The van der Waals surface area contributed by atoms with Crippen molar-refractivity contribution in [3.05, 3.63) is 24.1 Å². The van der Waals surface area contributed by atoms with E-state index in [0.717, 1.165) is 25.1 Å². The highest BCUT2D eigenvalue weighted by Crippen LogP contribution is 2.32. The second kappa shape index (κ2) is 6.78. The number of halogens is 1. The molecule has 6 nitrogen and oxygen atoms in total. The van der Waals surface area contributed by atoms with Gasteiger partial charge in [0.15, 0.2) is 11.5 Å². The Bertz CT molecular complexity index is 597. The summed E-state index contributed by atoms with van der Waals surface area (Å²) in [7, 11) is 3.21. The number of rotatable bonds is 4. The molecule has 0 unspecified atom stereocenters. The molecule has 1 aromatic heterocycles. The summed E-state index contributed by atoms with van der Waals surface area (Å²) in [6.07, 6.45) is 1.04. The van der Waals surface area contributed by atoms with Crippen LogP contribution in [0.2, 0.25) is 0 Å². The first-order valence-electron chi connectivity index (χ1n) is 6.58. The highest BCUT2D eigenvalue weighted by Gasteiger charge is 2.23. The average molecular weight is 312 g/mol. The van der Waals surface area contributed by atoms with Crippen molar-refractivity contribution in [1.29, 1.82) is 0 Å². The minimum Gasteiger partial charge on any atom is -0.493 e. The van der Waals surface area contributed by atoms with Crippen LogP contribution in [0.25, 0.3) is 11.4 Å². The van der Waals surface area contributed by atoms with Crippen molar-refractivity contribution < 1.29 is 14.0 Å². The van der Waals surface area contributed by atoms with Crippen LogP contribution in [0.15, 0.2) is 22.7 Å². The zero-order chi connectivity index (χ0) is 13.9. The summed E-state index contributed by atoms with van der Waals surface area (Å²) in [5, 5.41) is 7.34. The molecule has 0 bridgehead atoms. The topological polar surface area (TPSA) is 69.4 Å². The maximum absolute atomic E-state index is 5.36. The summed E-state index contributed by atoms with van der Waals surface area (Å²) in [5.41, 5.74) is 0.851. The van der Waals surface area contributed by atoms with Crippen molar-refractivity contribution in [2.24, 2.45) is 0 Å². The fourth-order valence-electron chi connectivity index (χ4n) is 2.36. The van der Waals surface area contributed by atoms with Gasteiger partial charge < -0.3 is 19.3 Å². The summed E-state index contributed by atoms with van der Waals surface area (Å²) >= 11 is 0. The third-order valence-corrected chi connectivity index (χ3v) is 3.49. The Morgan fingerprint density at radius 3 is 2.71 bits per heavy atom. The highest BCUT2D eigenvalue weighted by molar-refractivity contribution is 5.85. The van der Waals surface area contributed by atoms with Crippen LogP contribution in [-0.2, 0) is 0 Å². The number of ether oxygens (including phenoxy) is 2. The lowest BCUT2D eigenvalue weighted by atomic mass is 10.1. The lowest BCUT2D eigenvalue weighted by Crippen LogP contribution is -2.08. The van der Waals surface area contributed by atoms with Gasteiger partial charge in [-0.3, -0.25) is 0 Å². The Balaban J connectivity index is 0.00000161. The van der Waals surface area contributed by atoms with E-state index in [-0.39, 0.29) is 12.4 Å². The second-order valence-corrected chi connectivity index (χ2v) is 4.72. The van der Waals surface area contributed by atoms with Gasteiger partial charge in [0.2, 0.25) is 11.7 Å². The fourth-order valence-corrected chi connectivity index (χ4v) is 2.36. The Kier molecular flexibility index (Phi) is 5.03. The normalized spacial score (nSPS) is 17.3. The molecule has 1 aliphatic rings. The summed E-state index contributed by atoms with van der Waals surface area (Å²) in [5.74, 6) is 2.92. The van der Waals surface area contributed by atoms with E-state index < -0.39 is 0 Å². The van der Waals surface area contributed by atoms with Crippen molar-refractivity contribution in [2.45, 2.75) is 12.3 Å². The number of benzene rings is 1. The first kappa shape index (κ1) is 15.6. The average Bonchev–Trinajstić information content (AvgIpc) is 3.16. The van der Waals surface area contributed by atoms with E-state index in [2.05, 4.69) is 15.5 Å². The van der Waals surface area contributed by atoms with Crippen LogP contribution >= 0.6 is 12.4 Å². The van der Waals surface area contributed by atoms with Crippen molar-refractivity contribution in [2.75, 3.05) is 27.3 Å². The first-order valence-corrected chi connectivity index (χ1v) is 6.58. The molecule has 0 saturated carbocycles.